The molecule has 62 heavy (non-hydrogen) atoms. The SMILES string of the molecule is Nc1nc2c(c(=O)[nH]1)n(Cc1ccc(F)cc1)c[n+]2C1OC(COP(=O)(O)OP(=O)(O)NCCCCCC(=O)Nc2cccc3c2CN(C2CCC(=O)NC2=O)C3=O)C(O)C1O. The second kappa shape index (κ2) is 18.2. The topological polar surface area (TPSA) is 331 Å². The number of nitrogens with zero attached hydrogens (tertiary/aromatic N) is 4. The summed E-state index contributed by atoms with van der Waals surface area (Å²) in [6.07, 6.45) is -3.74. The molecule has 0 saturated carbocycles. The van der Waals surface area contributed by atoms with Crippen LogP contribution in [0, 0.1) is 5.82 Å². The van der Waals surface area contributed by atoms with Crippen LogP contribution in [0.1, 0.15) is 66.2 Å². The van der Waals surface area contributed by atoms with Crippen LogP contribution >= 0.6 is 15.6 Å². The van der Waals surface area contributed by atoms with Crippen LogP contribution in [-0.4, -0.2) is 101 Å². The number of aliphatic hydroxyl groups is 2. The van der Waals surface area contributed by atoms with Gasteiger partial charge in [0.05, 0.1) is 13.2 Å². The van der Waals surface area contributed by atoms with E-state index < -0.39 is 75.9 Å². The Bertz CT molecular complexity index is 2560. The van der Waals surface area contributed by atoms with Crippen LogP contribution in [0.5, 0.6) is 0 Å². The first-order chi connectivity index (χ1) is 29.4. The molecule has 2 saturated heterocycles. The van der Waals surface area contributed by atoms with Crippen LogP contribution in [0.3, 0.4) is 0 Å². The summed E-state index contributed by atoms with van der Waals surface area (Å²) in [5, 5.41) is 28.9. The highest BCUT2D eigenvalue weighted by atomic mass is 31.3. The minimum absolute atomic E-state index is 0.00763. The fraction of sp³-hybridized carbons (Fsp3) is 0.417. The van der Waals surface area contributed by atoms with Gasteiger partial charge in [0.25, 0.3) is 17.4 Å². The molecule has 26 heteroatoms. The Labute approximate surface area is 350 Å². The quantitative estimate of drug-likeness (QED) is 0.0295. The second-order valence-corrected chi connectivity index (χ2v) is 18.0. The number of ether oxygens (including phenoxy) is 1. The molecule has 2 aromatic carbocycles. The van der Waals surface area contributed by atoms with Crippen LogP contribution in [0.4, 0.5) is 16.0 Å². The number of benzene rings is 2. The molecule has 0 radical (unpaired) electrons. The number of anilines is 2. The van der Waals surface area contributed by atoms with Gasteiger partial charge in [0.1, 0.15) is 30.2 Å². The van der Waals surface area contributed by atoms with Crippen molar-refractivity contribution in [2.75, 3.05) is 24.2 Å². The molecule has 5 heterocycles. The Morgan fingerprint density at radius 3 is 2.56 bits per heavy atom. The summed E-state index contributed by atoms with van der Waals surface area (Å²) in [4.78, 5) is 91.1. The highest BCUT2D eigenvalue weighted by molar-refractivity contribution is 7.62. The Morgan fingerprint density at radius 2 is 1.82 bits per heavy atom. The smallest absolute Gasteiger partial charge is 0.387 e. The fourth-order valence-corrected chi connectivity index (χ4v) is 9.76. The molecule has 0 aliphatic carbocycles. The third kappa shape index (κ3) is 10.00. The maximum absolute atomic E-state index is 13.5. The first-order valence-corrected chi connectivity index (χ1v) is 22.4. The summed E-state index contributed by atoms with van der Waals surface area (Å²) < 4.78 is 56.6. The van der Waals surface area contributed by atoms with Crippen LogP contribution in [0.2, 0.25) is 0 Å². The number of halogens is 1. The molecule has 7 atom stereocenters. The average molecular weight is 907 g/mol. The molecule has 332 valence electrons. The second-order valence-electron chi connectivity index (χ2n) is 14.8. The number of aliphatic hydroxyl groups excluding tert-OH is 2. The number of fused-ring (bicyclic) bond motifs is 2. The molecule has 2 fully saturated rings. The van der Waals surface area contributed by atoms with E-state index >= 15 is 0 Å². The number of imide groups is 1. The molecule has 7 unspecified atom stereocenters. The summed E-state index contributed by atoms with van der Waals surface area (Å²) in [6.45, 7) is -0.961. The summed E-state index contributed by atoms with van der Waals surface area (Å²) >= 11 is 0. The number of piperidine rings is 1. The van der Waals surface area contributed by atoms with E-state index in [0.717, 1.165) is 0 Å². The van der Waals surface area contributed by atoms with Crippen molar-refractivity contribution in [2.45, 2.75) is 82.2 Å². The zero-order valence-corrected chi connectivity index (χ0v) is 34.4. The number of carbonyl (C=O) groups is 4. The van der Waals surface area contributed by atoms with Crippen molar-refractivity contribution < 1.29 is 70.8 Å². The van der Waals surface area contributed by atoms with Crippen LogP contribution in [-0.2, 0) is 50.2 Å². The van der Waals surface area contributed by atoms with Gasteiger partial charge in [-0.15, -0.1) is 0 Å². The number of rotatable bonds is 17. The number of unbranched alkanes of at least 4 members (excludes halogenated alkanes) is 2. The fourth-order valence-electron chi connectivity index (χ4n) is 7.45. The van der Waals surface area contributed by atoms with E-state index in [2.05, 4.69) is 30.0 Å². The zero-order chi connectivity index (χ0) is 44.5. The van der Waals surface area contributed by atoms with Crippen LogP contribution in [0.25, 0.3) is 11.2 Å². The molecule has 0 spiro atoms. The van der Waals surface area contributed by atoms with Gasteiger partial charge in [0.15, 0.2) is 6.33 Å². The Kier molecular flexibility index (Phi) is 13.2. The van der Waals surface area contributed by atoms with Gasteiger partial charge in [-0.3, -0.25) is 43.4 Å². The molecule has 4 aromatic rings. The molecule has 2 aromatic heterocycles. The van der Waals surface area contributed by atoms with Gasteiger partial charge >= 0.3 is 21.2 Å². The normalized spacial score (nSPS) is 23.3. The molecule has 3 aliphatic rings. The Balaban J connectivity index is 0.859. The summed E-state index contributed by atoms with van der Waals surface area (Å²) in [5.41, 5.74) is 6.92. The summed E-state index contributed by atoms with van der Waals surface area (Å²) in [6, 6.07) is 9.47. The molecule has 3 aliphatic heterocycles. The number of H-pyrrole nitrogens is 1. The molecule has 10 N–H and O–H groups in total. The standard InChI is InChI=1S/C36H42FN9O14P2/c37-20-10-8-19(9-11-20)15-44-18-46(31-28(44)33(52)43-36(38)42-31)35-30(50)29(49)25(59-35)17-58-62(56,57)60-61(54,55)39-14-3-1-2-7-26(47)40-23-6-4-5-21-22(23)16-45(34(21)53)24-12-13-27(48)41-32(24)51/h4-6,8-11,18,24-25,29-30,35,49-50H,1-3,7,12-17H2,(H7-,38,39,40,41,42,43,47,48,51,52,54,55,56,57)/p+1. The number of hydrogen-bond acceptors (Lipinski definition) is 14. The van der Waals surface area contributed by atoms with E-state index in [-0.39, 0.29) is 74.2 Å². The molecule has 23 nitrogen and oxygen atoms in total. The third-order valence-electron chi connectivity index (χ3n) is 10.4. The lowest BCUT2D eigenvalue weighted by Crippen LogP contribution is -2.52. The lowest BCUT2D eigenvalue weighted by atomic mass is 10.0. The minimum Gasteiger partial charge on any atom is -0.387 e. The number of hydrogen-bond donors (Lipinski definition) is 9. The number of imidazole rings is 1. The van der Waals surface area contributed by atoms with E-state index in [1.807, 2.05) is 0 Å². The van der Waals surface area contributed by atoms with E-state index in [4.69, 9.17) is 15.0 Å². The van der Waals surface area contributed by atoms with Crippen LogP contribution in [0.15, 0.2) is 53.6 Å². The van der Waals surface area contributed by atoms with Gasteiger partial charge in [-0.1, -0.05) is 29.6 Å². The van der Waals surface area contributed by atoms with Crippen molar-refractivity contribution in [3.05, 3.63) is 81.7 Å². The van der Waals surface area contributed by atoms with E-state index in [9.17, 15) is 57.5 Å². The van der Waals surface area contributed by atoms with Gasteiger partial charge < -0.3 is 40.7 Å². The number of aromatic nitrogens is 4. The van der Waals surface area contributed by atoms with Crippen molar-refractivity contribution in [1.29, 1.82) is 0 Å². The Morgan fingerprint density at radius 1 is 1.06 bits per heavy atom. The van der Waals surface area contributed by atoms with E-state index in [0.29, 0.717) is 35.2 Å². The number of phosphoric acid groups is 1. The number of phosphoric ester groups is 1. The maximum atomic E-state index is 13.5. The lowest BCUT2D eigenvalue weighted by Gasteiger charge is -2.29. The van der Waals surface area contributed by atoms with Gasteiger partial charge in [0, 0.05) is 42.7 Å². The molecular weight excluding hydrogens is 863 g/mol. The summed E-state index contributed by atoms with van der Waals surface area (Å²) in [5.74, 6) is -2.46. The van der Waals surface area contributed by atoms with E-state index in [1.54, 1.807) is 18.2 Å². The first-order valence-electron chi connectivity index (χ1n) is 19.3. The first kappa shape index (κ1) is 44.8. The average Bonchev–Trinajstić information content (AvgIpc) is 3.83. The number of nitrogens with one attached hydrogen (secondary N) is 4. The van der Waals surface area contributed by atoms with Gasteiger partial charge in [0.2, 0.25) is 29.5 Å². The van der Waals surface area contributed by atoms with Gasteiger partial charge in [-0.2, -0.15) is 4.31 Å². The minimum atomic E-state index is -5.30. The number of aromatic amines is 1. The highest BCUT2D eigenvalue weighted by Gasteiger charge is 2.48. The number of carbonyl (C=O) groups excluding carboxylic acids is 4. The highest BCUT2D eigenvalue weighted by Crippen LogP contribution is 2.58. The molecular formula is C36H43FN9O14P2+. The van der Waals surface area contributed by atoms with Crippen molar-refractivity contribution in [2.24, 2.45) is 0 Å². The molecule has 4 amide bonds. The molecule has 7 rings (SSSR count). The van der Waals surface area contributed by atoms with Gasteiger partial charge in [-0.05, 0) is 49.1 Å². The van der Waals surface area contributed by atoms with Crippen molar-refractivity contribution in [3.8, 4) is 0 Å². The number of nitrogen functional groups attached to an aromatic ring is 1. The third-order valence-corrected chi connectivity index (χ3v) is 13.2. The number of nitrogens with two attached hydrogens (primary N) is 1. The van der Waals surface area contributed by atoms with E-state index in [1.165, 1.54) is 44.6 Å². The zero-order valence-electron chi connectivity index (χ0n) is 32.6. The van der Waals surface area contributed by atoms with Crippen molar-refractivity contribution >= 4 is 62.0 Å². The molecule has 0 bridgehead atoms. The monoisotopic (exact) mass is 906 g/mol. The predicted octanol–water partition coefficient (Wildman–Crippen LogP) is 0.185. The number of amides is 4. The summed E-state index contributed by atoms with van der Waals surface area (Å²) in [7, 11) is -10.3. The predicted molar refractivity (Wildman–Crippen MR) is 211 cm³/mol. The van der Waals surface area contributed by atoms with Gasteiger partial charge in [-0.25, -0.2) is 23.2 Å². The van der Waals surface area contributed by atoms with Crippen molar-refractivity contribution in [3.63, 3.8) is 0 Å². The maximum Gasteiger partial charge on any atom is 0.480 e. The van der Waals surface area contributed by atoms with Crippen LogP contribution < -0.4 is 31.6 Å². The largest absolute Gasteiger partial charge is 0.480 e. The Hall–Kier alpha value is -5.26. The lowest BCUT2D eigenvalue weighted by molar-refractivity contribution is -0.745. The van der Waals surface area contributed by atoms with Crippen molar-refractivity contribution in [1.82, 2.24) is 29.8 Å².